The van der Waals surface area contributed by atoms with Crippen molar-refractivity contribution in [2.24, 2.45) is 0 Å². The quantitative estimate of drug-likeness (QED) is 0.379. The van der Waals surface area contributed by atoms with E-state index in [0.29, 0.717) is 0 Å². The van der Waals surface area contributed by atoms with Crippen LogP contribution >= 0.6 is 0 Å². The molecule has 3 rings (SSSR count). The fourth-order valence-electron chi connectivity index (χ4n) is 2.66. The van der Waals surface area contributed by atoms with Crippen LogP contribution in [0.1, 0.15) is 6.92 Å². The third-order valence-corrected chi connectivity index (χ3v) is 6.03. The van der Waals surface area contributed by atoms with E-state index in [2.05, 4.69) is 10.3 Å². The van der Waals surface area contributed by atoms with Crippen LogP contribution in [0.5, 0.6) is 0 Å². The molecule has 0 aliphatic carbocycles. The lowest BCUT2D eigenvalue weighted by Gasteiger charge is -2.25. The molecule has 1 unspecified atom stereocenters. The Morgan fingerprint density at radius 1 is 1.31 bits per heavy atom. The molecular formula is C17H16N4O7S. The Kier molecular flexibility index (Phi) is 4.98. The molecule has 0 aliphatic heterocycles. The van der Waals surface area contributed by atoms with E-state index in [1.165, 1.54) is 24.4 Å². The fourth-order valence-corrected chi connectivity index (χ4v) is 3.98. The summed E-state index contributed by atoms with van der Waals surface area (Å²) in [6, 6.07) is 8.79. The number of nitrogens with zero attached hydrogens (tertiary/aromatic N) is 3. The predicted octanol–water partition coefficient (Wildman–Crippen LogP) is 1.43. The maximum absolute atomic E-state index is 12.9. The van der Waals surface area contributed by atoms with Gasteiger partial charge in [0.15, 0.2) is 11.2 Å². The van der Waals surface area contributed by atoms with E-state index in [-0.39, 0.29) is 21.6 Å². The van der Waals surface area contributed by atoms with Crippen LogP contribution in [0.2, 0.25) is 0 Å². The molecule has 0 radical (unpaired) electrons. The number of hydrogen-bond donors (Lipinski definition) is 3. The number of fused-ring (bicyclic) bond motifs is 1. The Morgan fingerprint density at radius 2 is 1.97 bits per heavy atom. The van der Waals surface area contributed by atoms with Crippen molar-refractivity contribution in [3.63, 3.8) is 0 Å². The second-order valence-corrected chi connectivity index (χ2v) is 8.18. The molecule has 2 heterocycles. The number of benzene rings is 1. The lowest BCUT2D eigenvalue weighted by Crippen LogP contribution is -2.47. The molecular weight excluding hydrogens is 404 g/mol. The summed E-state index contributed by atoms with van der Waals surface area (Å²) in [5.74, 6) is -1.45. The van der Waals surface area contributed by atoms with Gasteiger partial charge in [0.2, 0.25) is 0 Å². The topological polar surface area (TPSA) is 165 Å². The lowest BCUT2D eigenvalue weighted by molar-refractivity contribution is -0.384. The van der Waals surface area contributed by atoms with E-state index in [0.717, 1.165) is 17.1 Å². The third-order valence-electron chi connectivity index (χ3n) is 4.35. The number of nitro groups is 1. The zero-order valence-corrected chi connectivity index (χ0v) is 15.8. The number of pyridine rings is 1. The third kappa shape index (κ3) is 3.39. The van der Waals surface area contributed by atoms with E-state index >= 15 is 0 Å². The van der Waals surface area contributed by atoms with Gasteiger partial charge in [-0.25, -0.2) is 22.2 Å². The molecule has 2 aromatic heterocycles. The van der Waals surface area contributed by atoms with Crippen molar-refractivity contribution in [2.75, 3.05) is 11.9 Å². The predicted molar refractivity (Wildman–Crippen MR) is 102 cm³/mol. The van der Waals surface area contributed by atoms with E-state index in [1.807, 2.05) is 0 Å². The maximum atomic E-state index is 12.9. The molecule has 1 aromatic carbocycles. The first kappa shape index (κ1) is 20.2. The number of nitrogens with one attached hydrogen (secondary N) is 1. The average Bonchev–Trinajstić information content (AvgIpc) is 3.13. The van der Waals surface area contributed by atoms with E-state index < -0.39 is 38.7 Å². The summed E-state index contributed by atoms with van der Waals surface area (Å²) in [6.45, 7) is 0.273. The van der Waals surface area contributed by atoms with Crippen molar-refractivity contribution in [3.8, 4) is 0 Å². The number of aromatic nitrogens is 2. The summed E-state index contributed by atoms with van der Waals surface area (Å²) in [6.07, 6.45) is 2.01. The molecule has 1 atom stereocenters. The number of carbonyl (C=O) groups is 1. The number of carboxylic acids is 1. The van der Waals surface area contributed by atoms with E-state index in [9.17, 15) is 33.5 Å². The first-order valence-corrected chi connectivity index (χ1v) is 9.63. The highest BCUT2D eigenvalue weighted by Gasteiger charge is 2.36. The SMILES string of the molecule is CC(CO)(Nc1c([N+](=O)[O-])cnc2c1ccn2S(=O)(=O)c1ccccc1)C(=O)O. The minimum absolute atomic E-state index is 0.0135. The number of hydrogen-bond acceptors (Lipinski definition) is 8. The Hall–Kier alpha value is -3.51. The Bertz CT molecular complexity index is 1210. The molecule has 12 heteroatoms. The number of aliphatic hydroxyl groups excluding tert-OH is 1. The van der Waals surface area contributed by atoms with E-state index in [1.54, 1.807) is 18.2 Å². The minimum atomic E-state index is -4.05. The van der Waals surface area contributed by atoms with E-state index in [4.69, 9.17) is 0 Å². The van der Waals surface area contributed by atoms with Crippen molar-refractivity contribution >= 4 is 38.4 Å². The average molecular weight is 420 g/mol. The summed E-state index contributed by atoms with van der Waals surface area (Å²) >= 11 is 0. The molecule has 0 aliphatic rings. The number of anilines is 1. The summed E-state index contributed by atoms with van der Waals surface area (Å²) in [5, 5.41) is 32.7. The molecule has 0 saturated carbocycles. The van der Waals surface area contributed by atoms with Crippen molar-refractivity contribution in [1.82, 2.24) is 8.96 Å². The summed E-state index contributed by atoms with van der Waals surface area (Å²) in [7, 11) is -4.05. The van der Waals surface area contributed by atoms with Gasteiger partial charge in [0.25, 0.3) is 10.0 Å². The Morgan fingerprint density at radius 3 is 2.52 bits per heavy atom. The highest BCUT2D eigenvalue weighted by molar-refractivity contribution is 7.90. The van der Waals surface area contributed by atoms with Gasteiger partial charge in [-0.3, -0.25) is 10.1 Å². The summed E-state index contributed by atoms with van der Waals surface area (Å²) in [4.78, 5) is 26.1. The molecule has 11 nitrogen and oxygen atoms in total. The minimum Gasteiger partial charge on any atom is -0.479 e. The molecule has 0 saturated heterocycles. The molecule has 29 heavy (non-hydrogen) atoms. The molecule has 0 bridgehead atoms. The van der Waals surface area contributed by atoms with Gasteiger partial charge in [-0.15, -0.1) is 0 Å². The number of carboxylic acid groups (broad SMARTS) is 1. The highest BCUT2D eigenvalue weighted by Crippen LogP contribution is 2.35. The van der Waals surface area contributed by atoms with Crippen molar-refractivity contribution in [3.05, 3.63) is 58.9 Å². The van der Waals surface area contributed by atoms with Gasteiger partial charge in [0.05, 0.1) is 21.8 Å². The van der Waals surface area contributed by atoms with Crippen molar-refractivity contribution in [1.29, 1.82) is 0 Å². The highest BCUT2D eigenvalue weighted by atomic mass is 32.2. The standard InChI is InChI=1S/C17H16N4O7S/c1-17(10-22,16(23)24)19-14-12-7-8-20(15(12)18-9-13(14)21(25)26)29(27,28)11-5-3-2-4-6-11/h2-9,22H,10H2,1H3,(H,18,19)(H,23,24). The number of aliphatic carboxylic acids is 1. The van der Waals surface area contributed by atoms with Gasteiger partial charge in [-0.2, -0.15) is 0 Å². The Balaban J connectivity index is 2.26. The van der Waals surface area contributed by atoms with Crippen LogP contribution in [-0.2, 0) is 14.8 Å². The largest absolute Gasteiger partial charge is 0.479 e. The van der Waals surface area contributed by atoms with Crippen molar-refractivity contribution < 1.29 is 28.3 Å². The maximum Gasteiger partial charge on any atom is 0.331 e. The monoisotopic (exact) mass is 420 g/mol. The first-order chi connectivity index (χ1) is 13.6. The fraction of sp³-hybridized carbons (Fsp3) is 0.176. The zero-order chi connectivity index (χ0) is 21.4. The van der Waals surface area contributed by atoms with Gasteiger partial charge in [-0.05, 0) is 25.1 Å². The molecule has 0 fully saturated rings. The number of aliphatic hydroxyl groups is 1. The first-order valence-electron chi connectivity index (χ1n) is 8.19. The van der Waals surface area contributed by atoms with Gasteiger partial charge in [0, 0.05) is 6.20 Å². The lowest BCUT2D eigenvalue weighted by atomic mass is 10.0. The van der Waals surface area contributed by atoms with Crippen LogP contribution in [0.4, 0.5) is 11.4 Å². The molecule has 0 spiro atoms. The molecule has 0 amide bonds. The van der Waals surface area contributed by atoms with Crippen LogP contribution in [0.3, 0.4) is 0 Å². The molecule has 3 N–H and O–H groups in total. The molecule has 152 valence electrons. The van der Waals surface area contributed by atoms with Gasteiger partial charge in [0.1, 0.15) is 11.9 Å². The van der Waals surface area contributed by atoms with Crippen LogP contribution in [0, 0.1) is 10.1 Å². The second kappa shape index (κ2) is 7.14. The van der Waals surface area contributed by atoms with Crippen LogP contribution in [-0.4, -0.2) is 50.6 Å². The van der Waals surface area contributed by atoms with Crippen LogP contribution in [0.15, 0.2) is 53.7 Å². The number of rotatable bonds is 7. The van der Waals surface area contributed by atoms with Crippen LogP contribution < -0.4 is 5.32 Å². The molecule has 3 aromatic rings. The second-order valence-electron chi connectivity index (χ2n) is 6.36. The zero-order valence-electron chi connectivity index (χ0n) is 15.0. The Labute approximate surface area is 164 Å². The smallest absolute Gasteiger partial charge is 0.331 e. The van der Waals surface area contributed by atoms with Crippen LogP contribution in [0.25, 0.3) is 11.0 Å². The summed E-state index contributed by atoms with van der Waals surface area (Å²) < 4.78 is 26.7. The van der Waals surface area contributed by atoms with Crippen molar-refractivity contribution in [2.45, 2.75) is 17.4 Å². The van der Waals surface area contributed by atoms with Gasteiger partial charge >= 0.3 is 11.7 Å². The van der Waals surface area contributed by atoms with Gasteiger partial charge < -0.3 is 15.5 Å². The summed E-state index contributed by atoms with van der Waals surface area (Å²) in [5.41, 5.74) is -2.90. The normalized spacial score (nSPS) is 13.7. The van der Waals surface area contributed by atoms with Gasteiger partial charge in [-0.1, -0.05) is 18.2 Å².